The maximum atomic E-state index is 5.25. The Morgan fingerprint density at radius 3 is 2.90 bits per heavy atom. The van der Waals surface area contributed by atoms with Gasteiger partial charge in [0, 0.05) is 5.75 Å². The largest absolute Gasteiger partial charge is 0.451 e. The van der Waals surface area contributed by atoms with Crippen LogP contribution in [0.3, 0.4) is 0 Å². The second-order valence-electron chi connectivity index (χ2n) is 1.73. The summed E-state index contributed by atoms with van der Waals surface area (Å²) in [6, 6.07) is 3.86. The quantitative estimate of drug-likeness (QED) is 0.641. The Labute approximate surface area is 79.0 Å². The number of halogens is 1. The fraction of sp³-hybridized carbons (Fsp3) is 0.143. The highest BCUT2D eigenvalue weighted by Gasteiger charge is 1.91. The van der Waals surface area contributed by atoms with Crippen molar-refractivity contribution in [3.05, 3.63) is 27.7 Å². The van der Waals surface area contributed by atoms with Crippen LogP contribution in [-0.2, 0) is 0 Å². The normalized spacial score (nSPS) is 11.0. The van der Waals surface area contributed by atoms with Crippen LogP contribution in [0.4, 0.5) is 0 Å². The summed E-state index contributed by atoms with van der Waals surface area (Å²) in [6.45, 7) is 0. The molecule has 1 heterocycles. The van der Waals surface area contributed by atoms with Crippen molar-refractivity contribution in [1.82, 2.24) is 0 Å². The second kappa shape index (κ2) is 4.08. The molecule has 0 N–H and O–H groups in total. The van der Waals surface area contributed by atoms with Gasteiger partial charge in [-0.05, 0) is 40.8 Å². The van der Waals surface area contributed by atoms with Gasteiger partial charge < -0.3 is 4.42 Å². The van der Waals surface area contributed by atoms with Crippen LogP contribution in [0.15, 0.2) is 22.6 Å². The van der Waals surface area contributed by atoms with E-state index >= 15 is 0 Å². The Hall–Kier alpha value is 0.1000. The molecule has 1 nitrogen and oxygen atoms in total. The Balaban J connectivity index is 2.67. The van der Waals surface area contributed by atoms with Crippen molar-refractivity contribution >= 4 is 41.3 Å². The van der Waals surface area contributed by atoms with Crippen molar-refractivity contribution < 1.29 is 4.42 Å². The molecule has 0 saturated heterocycles. The molecule has 0 radical (unpaired) electrons. The van der Waals surface area contributed by atoms with E-state index in [0.29, 0.717) is 0 Å². The van der Waals surface area contributed by atoms with Crippen LogP contribution in [0.2, 0.25) is 0 Å². The fourth-order valence-electron chi connectivity index (χ4n) is 0.587. The van der Waals surface area contributed by atoms with Gasteiger partial charge in [-0.15, -0.1) is 0 Å². The molecule has 0 spiro atoms. The van der Waals surface area contributed by atoms with Crippen molar-refractivity contribution in [2.75, 3.05) is 5.75 Å². The molecule has 1 aromatic rings. The van der Waals surface area contributed by atoms with Gasteiger partial charge in [-0.25, -0.2) is 0 Å². The van der Waals surface area contributed by atoms with Crippen molar-refractivity contribution in [3.8, 4) is 0 Å². The van der Waals surface area contributed by atoms with Gasteiger partial charge in [-0.3, -0.25) is 0 Å². The van der Waals surface area contributed by atoms with E-state index in [9.17, 15) is 0 Å². The molecule has 0 atom stereocenters. The Morgan fingerprint density at radius 2 is 2.40 bits per heavy atom. The molecule has 0 unspecified atom stereocenters. The summed E-state index contributed by atoms with van der Waals surface area (Å²) in [7, 11) is 0. The van der Waals surface area contributed by atoms with Gasteiger partial charge in [0.15, 0.2) is 3.77 Å². The topological polar surface area (TPSA) is 13.1 Å². The molecule has 3 heteroatoms. The lowest BCUT2D eigenvalue weighted by Gasteiger charge is -1.81. The number of hydrogen-bond acceptors (Lipinski definition) is 2. The molecule has 0 bridgehead atoms. The summed E-state index contributed by atoms with van der Waals surface area (Å²) in [5.41, 5.74) is 0. The summed E-state index contributed by atoms with van der Waals surface area (Å²) < 4.78 is 6.16. The molecular weight excluding hydrogens is 259 g/mol. The van der Waals surface area contributed by atoms with E-state index in [0.717, 1.165) is 15.3 Å². The molecule has 54 valence electrons. The zero-order chi connectivity index (χ0) is 7.40. The van der Waals surface area contributed by atoms with Crippen LogP contribution < -0.4 is 0 Å². The van der Waals surface area contributed by atoms with Crippen LogP contribution in [0.5, 0.6) is 0 Å². The van der Waals surface area contributed by atoms with E-state index in [1.54, 1.807) is 0 Å². The molecular formula is C7H7IOS. The molecule has 10 heavy (non-hydrogen) atoms. The van der Waals surface area contributed by atoms with Crippen LogP contribution in [0, 0.1) is 3.77 Å². The monoisotopic (exact) mass is 266 g/mol. The SMILES string of the molecule is SCC=Cc1ccc(I)o1. The third-order valence-electron chi connectivity index (χ3n) is 0.982. The summed E-state index contributed by atoms with van der Waals surface area (Å²) in [5, 5.41) is 0. The first-order valence-electron chi connectivity index (χ1n) is 2.85. The van der Waals surface area contributed by atoms with Crippen molar-refractivity contribution in [1.29, 1.82) is 0 Å². The number of thiol groups is 1. The number of rotatable bonds is 2. The molecule has 0 aliphatic heterocycles. The zero-order valence-corrected chi connectivity index (χ0v) is 8.30. The van der Waals surface area contributed by atoms with Gasteiger partial charge in [0.2, 0.25) is 0 Å². The number of hydrogen-bond donors (Lipinski definition) is 1. The van der Waals surface area contributed by atoms with Crippen LogP contribution in [0.1, 0.15) is 5.76 Å². The molecule has 0 aliphatic rings. The van der Waals surface area contributed by atoms with Crippen molar-refractivity contribution in [3.63, 3.8) is 0 Å². The first kappa shape index (κ1) is 8.20. The lowest BCUT2D eigenvalue weighted by Crippen LogP contribution is -1.61. The van der Waals surface area contributed by atoms with E-state index in [1.165, 1.54) is 0 Å². The van der Waals surface area contributed by atoms with E-state index < -0.39 is 0 Å². The standard InChI is InChI=1S/C7H7IOS/c8-7-4-3-6(9-7)2-1-5-10/h1-4,10H,5H2. The minimum absolute atomic E-state index is 0.747. The molecule has 0 aliphatic carbocycles. The highest BCUT2D eigenvalue weighted by Crippen LogP contribution is 2.11. The predicted molar refractivity (Wildman–Crippen MR) is 54.3 cm³/mol. The van der Waals surface area contributed by atoms with Crippen LogP contribution >= 0.6 is 35.2 Å². The Kier molecular flexibility index (Phi) is 3.34. The summed E-state index contributed by atoms with van der Waals surface area (Å²) in [5.74, 6) is 1.63. The summed E-state index contributed by atoms with van der Waals surface area (Å²) in [6.07, 6.45) is 3.85. The Morgan fingerprint density at radius 1 is 1.60 bits per heavy atom. The fourth-order valence-corrected chi connectivity index (χ4v) is 1.13. The van der Waals surface area contributed by atoms with Gasteiger partial charge in [-0.1, -0.05) is 6.08 Å². The third-order valence-corrected chi connectivity index (χ3v) is 1.77. The first-order chi connectivity index (χ1) is 4.83. The average molecular weight is 266 g/mol. The molecule has 0 fully saturated rings. The van der Waals surface area contributed by atoms with Gasteiger partial charge >= 0.3 is 0 Å². The molecule has 0 saturated carbocycles. The molecule has 0 aromatic carbocycles. The third kappa shape index (κ3) is 2.38. The van der Waals surface area contributed by atoms with Crippen molar-refractivity contribution in [2.24, 2.45) is 0 Å². The molecule has 0 amide bonds. The van der Waals surface area contributed by atoms with Crippen molar-refractivity contribution in [2.45, 2.75) is 0 Å². The van der Waals surface area contributed by atoms with Gasteiger partial charge in [0.05, 0.1) is 0 Å². The van der Waals surface area contributed by atoms with E-state index in [1.807, 2.05) is 24.3 Å². The molecule has 1 aromatic heterocycles. The Bertz CT molecular complexity index is 229. The predicted octanol–water partition coefficient (Wildman–Crippen LogP) is 2.83. The first-order valence-corrected chi connectivity index (χ1v) is 4.57. The van der Waals surface area contributed by atoms with Crippen LogP contribution in [-0.4, -0.2) is 5.75 Å². The zero-order valence-electron chi connectivity index (χ0n) is 5.25. The number of furan rings is 1. The average Bonchev–Trinajstić information content (AvgIpc) is 2.31. The highest BCUT2D eigenvalue weighted by molar-refractivity contribution is 14.1. The highest BCUT2D eigenvalue weighted by atomic mass is 127. The maximum Gasteiger partial charge on any atom is 0.164 e. The maximum absolute atomic E-state index is 5.25. The summed E-state index contributed by atoms with van der Waals surface area (Å²) in [4.78, 5) is 0. The van der Waals surface area contributed by atoms with Gasteiger partial charge in [-0.2, -0.15) is 12.6 Å². The second-order valence-corrected chi connectivity index (χ2v) is 3.16. The molecule has 1 rings (SSSR count). The van der Waals surface area contributed by atoms with E-state index in [-0.39, 0.29) is 0 Å². The van der Waals surface area contributed by atoms with Crippen LogP contribution in [0.25, 0.3) is 6.08 Å². The van der Waals surface area contributed by atoms with E-state index in [2.05, 4.69) is 35.2 Å². The minimum Gasteiger partial charge on any atom is -0.451 e. The smallest absolute Gasteiger partial charge is 0.164 e. The summed E-state index contributed by atoms with van der Waals surface area (Å²) >= 11 is 6.16. The lowest BCUT2D eigenvalue weighted by atomic mass is 10.4. The minimum atomic E-state index is 0.747. The van der Waals surface area contributed by atoms with Gasteiger partial charge in [0.1, 0.15) is 5.76 Å². The lowest BCUT2D eigenvalue weighted by molar-refractivity contribution is 0.528. The van der Waals surface area contributed by atoms with E-state index in [4.69, 9.17) is 4.42 Å². The van der Waals surface area contributed by atoms with Gasteiger partial charge in [0.25, 0.3) is 0 Å².